The lowest BCUT2D eigenvalue weighted by molar-refractivity contribution is -0.139. The summed E-state index contributed by atoms with van der Waals surface area (Å²) in [5.74, 6) is 0.534. The van der Waals surface area contributed by atoms with Crippen LogP contribution in [0.2, 0.25) is 0 Å². The van der Waals surface area contributed by atoms with Crippen molar-refractivity contribution in [3.63, 3.8) is 0 Å². The normalized spacial score (nSPS) is 15.6. The fourth-order valence-corrected chi connectivity index (χ4v) is 3.31. The third-order valence-corrected chi connectivity index (χ3v) is 5.02. The molecule has 0 atom stereocenters. The third-order valence-electron chi connectivity index (χ3n) is 5.02. The molecule has 7 heteroatoms. The monoisotopic (exact) mass is 337 g/mol. The lowest BCUT2D eigenvalue weighted by Crippen LogP contribution is -2.49. The molecule has 1 heterocycles. The number of nitrogens with zero attached hydrogens (tertiary/aromatic N) is 2. The van der Waals surface area contributed by atoms with Crippen LogP contribution in [-0.2, 0) is 16.0 Å². The Bertz CT molecular complexity index is 560. The van der Waals surface area contributed by atoms with Crippen LogP contribution in [-0.4, -0.2) is 32.7 Å². The zero-order valence-electron chi connectivity index (χ0n) is 14.5. The van der Waals surface area contributed by atoms with Gasteiger partial charge in [0.25, 0.3) is 0 Å². The van der Waals surface area contributed by atoms with Crippen LogP contribution < -0.4 is 5.32 Å². The topological polar surface area (TPSA) is 105 Å². The highest BCUT2D eigenvalue weighted by Crippen LogP contribution is 2.32. The van der Waals surface area contributed by atoms with Crippen molar-refractivity contribution in [3.8, 4) is 0 Å². The van der Waals surface area contributed by atoms with Crippen LogP contribution in [0.4, 0.5) is 0 Å². The number of rotatable bonds is 9. The lowest BCUT2D eigenvalue weighted by Gasteiger charge is -2.31. The van der Waals surface area contributed by atoms with Gasteiger partial charge >= 0.3 is 5.97 Å². The number of aryl methyl sites for hydroxylation is 1. The molecular weight excluding hydrogens is 310 g/mol. The van der Waals surface area contributed by atoms with E-state index in [1.165, 1.54) is 12.8 Å². The molecule has 2 N–H and O–H groups in total. The predicted octanol–water partition coefficient (Wildman–Crippen LogP) is 2.81. The van der Waals surface area contributed by atoms with Gasteiger partial charge in [0, 0.05) is 24.3 Å². The van der Waals surface area contributed by atoms with Crippen LogP contribution in [0.15, 0.2) is 4.52 Å². The van der Waals surface area contributed by atoms with Crippen molar-refractivity contribution < 1.29 is 19.2 Å². The molecule has 1 aliphatic carbocycles. The van der Waals surface area contributed by atoms with E-state index in [9.17, 15) is 9.59 Å². The summed E-state index contributed by atoms with van der Waals surface area (Å²) in [6.45, 7) is 3.78. The maximum absolute atomic E-state index is 12.2. The van der Waals surface area contributed by atoms with Crippen LogP contribution in [0, 0.1) is 0 Å². The minimum absolute atomic E-state index is 0.0713. The number of aromatic nitrogens is 2. The Morgan fingerprint density at radius 2 is 1.96 bits per heavy atom. The van der Waals surface area contributed by atoms with Crippen molar-refractivity contribution in [3.05, 3.63) is 11.7 Å². The number of carbonyl (C=O) groups excluding carboxylic acids is 1. The molecule has 0 saturated heterocycles. The Hall–Kier alpha value is -1.92. The van der Waals surface area contributed by atoms with Crippen molar-refractivity contribution in [1.82, 2.24) is 15.5 Å². The Labute approximate surface area is 142 Å². The van der Waals surface area contributed by atoms with Crippen LogP contribution in [0.3, 0.4) is 0 Å². The number of amides is 1. The van der Waals surface area contributed by atoms with Crippen molar-refractivity contribution in [2.45, 2.75) is 83.1 Å². The zero-order chi connectivity index (χ0) is 17.6. The van der Waals surface area contributed by atoms with Gasteiger partial charge in [-0.15, -0.1) is 0 Å². The van der Waals surface area contributed by atoms with Gasteiger partial charge < -0.3 is 14.9 Å². The molecule has 0 bridgehead atoms. The summed E-state index contributed by atoms with van der Waals surface area (Å²) in [4.78, 5) is 27.6. The van der Waals surface area contributed by atoms with Gasteiger partial charge in [-0.05, 0) is 25.7 Å². The summed E-state index contributed by atoms with van der Waals surface area (Å²) < 4.78 is 5.24. The average molecular weight is 337 g/mol. The molecule has 0 radical (unpaired) electrons. The van der Waals surface area contributed by atoms with Gasteiger partial charge in [-0.25, -0.2) is 0 Å². The predicted molar refractivity (Wildman–Crippen MR) is 87.5 cm³/mol. The second-order valence-electron chi connectivity index (χ2n) is 6.63. The number of carboxylic acids is 1. The highest BCUT2D eigenvalue weighted by Gasteiger charge is 2.31. The van der Waals surface area contributed by atoms with Crippen LogP contribution in [0.25, 0.3) is 0 Å². The summed E-state index contributed by atoms with van der Waals surface area (Å²) in [6.07, 6.45) is 6.29. The largest absolute Gasteiger partial charge is 0.481 e. The van der Waals surface area contributed by atoms with Gasteiger partial charge in [0.05, 0.1) is 6.42 Å². The summed E-state index contributed by atoms with van der Waals surface area (Å²) in [6, 6.07) is 0. The first-order chi connectivity index (χ1) is 11.5. The first-order valence-corrected chi connectivity index (χ1v) is 8.83. The second kappa shape index (κ2) is 8.26. The van der Waals surface area contributed by atoms with E-state index in [2.05, 4.69) is 15.5 Å². The molecule has 7 nitrogen and oxygen atoms in total. The van der Waals surface area contributed by atoms with Gasteiger partial charge in [-0.1, -0.05) is 31.8 Å². The first-order valence-electron chi connectivity index (χ1n) is 8.83. The van der Waals surface area contributed by atoms with Gasteiger partial charge in [0.2, 0.25) is 11.8 Å². The zero-order valence-corrected chi connectivity index (χ0v) is 14.5. The van der Waals surface area contributed by atoms with E-state index in [0.717, 1.165) is 18.7 Å². The van der Waals surface area contributed by atoms with E-state index in [-0.39, 0.29) is 18.7 Å². The number of aliphatic carboxylic acids is 1. The molecule has 24 heavy (non-hydrogen) atoms. The van der Waals surface area contributed by atoms with E-state index in [1.807, 2.05) is 13.8 Å². The second-order valence-corrected chi connectivity index (χ2v) is 6.63. The molecule has 0 aromatic carbocycles. The summed E-state index contributed by atoms with van der Waals surface area (Å²) >= 11 is 0. The van der Waals surface area contributed by atoms with E-state index in [4.69, 9.17) is 9.63 Å². The van der Waals surface area contributed by atoms with E-state index in [0.29, 0.717) is 31.1 Å². The highest BCUT2D eigenvalue weighted by molar-refractivity contribution is 5.78. The third kappa shape index (κ3) is 4.79. The van der Waals surface area contributed by atoms with Gasteiger partial charge in [-0.2, -0.15) is 4.98 Å². The SMILES string of the molecule is CCC(CC)(CC(=O)O)NC(=O)CCc1nc(C2CCCC2)no1. The Kier molecular flexibility index (Phi) is 6.34. The maximum Gasteiger partial charge on any atom is 0.305 e. The molecule has 0 unspecified atom stereocenters. The standard InChI is InChI=1S/C17H27N3O4/c1-3-17(4-2,11-15(22)23)19-13(21)9-10-14-18-16(20-24-14)12-7-5-6-8-12/h12H,3-11H2,1-2H3,(H,19,21)(H,22,23). The van der Waals surface area contributed by atoms with E-state index >= 15 is 0 Å². The first kappa shape index (κ1) is 18.4. The Balaban J connectivity index is 1.86. The smallest absolute Gasteiger partial charge is 0.305 e. The number of nitrogens with one attached hydrogen (secondary N) is 1. The van der Waals surface area contributed by atoms with Crippen LogP contribution >= 0.6 is 0 Å². The molecule has 1 aromatic heterocycles. The molecule has 0 spiro atoms. The minimum Gasteiger partial charge on any atom is -0.481 e. The van der Waals surface area contributed by atoms with Gasteiger partial charge in [-0.3, -0.25) is 9.59 Å². The minimum atomic E-state index is -0.905. The average Bonchev–Trinajstić information content (AvgIpc) is 3.22. The number of hydrogen-bond donors (Lipinski definition) is 2. The molecule has 1 fully saturated rings. The molecule has 1 amide bonds. The Morgan fingerprint density at radius 1 is 1.29 bits per heavy atom. The van der Waals surface area contributed by atoms with Crippen molar-refractivity contribution in [2.75, 3.05) is 0 Å². The molecule has 1 aliphatic rings. The highest BCUT2D eigenvalue weighted by atomic mass is 16.5. The lowest BCUT2D eigenvalue weighted by atomic mass is 9.88. The molecule has 1 aromatic rings. The molecule has 2 rings (SSSR count). The molecule has 0 aliphatic heterocycles. The molecular formula is C17H27N3O4. The molecule has 1 saturated carbocycles. The van der Waals surface area contributed by atoms with Crippen molar-refractivity contribution in [2.24, 2.45) is 0 Å². The van der Waals surface area contributed by atoms with E-state index in [1.54, 1.807) is 0 Å². The van der Waals surface area contributed by atoms with Gasteiger partial charge in [0.1, 0.15) is 0 Å². The summed E-state index contributed by atoms with van der Waals surface area (Å²) in [5.41, 5.74) is -0.688. The number of carbonyl (C=O) groups is 2. The van der Waals surface area contributed by atoms with Crippen LogP contribution in [0.1, 0.15) is 82.8 Å². The fourth-order valence-electron chi connectivity index (χ4n) is 3.31. The summed E-state index contributed by atoms with van der Waals surface area (Å²) in [5, 5.41) is 16.0. The quantitative estimate of drug-likeness (QED) is 0.718. The van der Waals surface area contributed by atoms with Gasteiger partial charge in [0.15, 0.2) is 5.82 Å². The maximum atomic E-state index is 12.2. The fraction of sp³-hybridized carbons (Fsp3) is 0.765. The van der Waals surface area contributed by atoms with Crippen molar-refractivity contribution >= 4 is 11.9 Å². The number of hydrogen-bond acceptors (Lipinski definition) is 5. The van der Waals surface area contributed by atoms with E-state index < -0.39 is 11.5 Å². The number of carboxylic acid groups (broad SMARTS) is 1. The Morgan fingerprint density at radius 3 is 2.54 bits per heavy atom. The molecule has 134 valence electrons. The van der Waals surface area contributed by atoms with Crippen molar-refractivity contribution in [1.29, 1.82) is 0 Å². The summed E-state index contributed by atoms with van der Waals surface area (Å²) in [7, 11) is 0. The van der Waals surface area contributed by atoms with Crippen LogP contribution in [0.5, 0.6) is 0 Å².